The molecular formula is C60H98O28. The molecule has 0 radical (unpaired) electrons. The van der Waals surface area contributed by atoms with Crippen molar-refractivity contribution in [2.45, 2.75) is 279 Å². The van der Waals surface area contributed by atoms with E-state index in [0.29, 0.717) is 25.7 Å². The largest absolute Gasteiger partial charge is 0.479 e. The van der Waals surface area contributed by atoms with Crippen molar-refractivity contribution in [2.75, 3.05) is 26.4 Å². The van der Waals surface area contributed by atoms with Crippen molar-refractivity contribution in [3.63, 3.8) is 0 Å². The Morgan fingerprint density at radius 3 is 1.66 bits per heavy atom. The van der Waals surface area contributed by atoms with E-state index in [2.05, 4.69) is 47.6 Å². The van der Waals surface area contributed by atoms with E-state index in [9.17, 15) is 91.6 Å². The quantitative estimate of drug-likeness (QED) is 0.0555. The van der Waals surface area contributed by atoms with Gasteiger partial charge in [-0.3, -0.25) is 0 Å². The standard InChI is InChI=1S/C60H98O28/c1-23-33(65)37(69)43(75)51(80-23)88-48-45(85-52-44(76)39(71)35(67)27(20-62)82-52)36(68)28(21-63)83-54(48)87-47-41(73)40(72)46(49(77)78)86-53(47)84-32-12-13-58(6)29(55(32,2)3)11-14-60(8)30(58)10-9-24-25-17-56(4,18-31(64)57(25,5)15-16-59(24,60)7)22-79-50-42(74)38(70)34(66)26(19-61)81-50/h9,23,25-48,50-54,61-76H,10-22H2,1-8H3,(H,77,78)/t23-,25-,26+,27+,28+,29-,30+,31+,32-,33-,34+,35+,36-,37+,38-,39-,40-,41-,42+,43+,44+,45-,46-,47+,48+,50+,51-,52-,53+,54-,56+,57+,58-,59+,60+/m0/s1. The zero-order valence-corrected chi connectivity index (χ0v) is 51.2. The Morgan fingerprint density at radius 1 is 0.511 bits per heavy atom. The maximum Gasteiger partial charge on any atom is 0.335 e. The number of aliphatic hydroxyl groups is 16. The molecule has 88 heavy (non-hydrogen) atoms. The second kappa shape index (κ2) is 25.4. The number of carboxylic acid groups (broad SMARTS) is 1. The summed E-state index contributed by atoms with van der Waals surface area (Å²) in [7, 11) is 0. The number of carbonyl (C=O) groups is 1. The van der Waals surface area contributed by atoms with Gasteiger partial charge in [0.15, 0.2) is 37.6 Å². The summed E-state index contributed by atoms with van der Waals surface area (Å²) in [5.41, 5.74) is -1.32. The molecule has 5 saturated heterocycles. The topological polar surface area (TPSA) is 453 Å². The van der Waals surface area contributed by atoms with Gasteiger partial charge in [0.1, 0.15) is 110 Å². The third-order valence-corrected chi connectivity index (χ3v) is 23.8. The zero-order chi connectivity index (χ0) is 64.4. The van der Waals surface area contributed by atoms with E-state index < -0.39 is 208 Å². The number of fused-ring (bicyclic) bond motifs is 7. The van der Waals surface area contributed by atoms with Crippen LogP contribution in [0.2, 0.25) is 0 Å². The molecule has 17 N–H and O–H groups in total. The molecule has 10 rings (SSSR count). The molecule has 35 atom stereocenters. The van der Waals surface area contributed by atoms with Crippen LogP contribution >= 0.6 is 0 Å². The van der Waals surface area contributed by atoms with Crippen molar-refractivity contribution in [3.05, 3.63) is 11.6 Å². The highest BCUT2D eigenvalue weighted by Crippen LogP contribution is 2.76. The smallest absolute Gasteiger partial charge is 0.335 e. The fourth-order valence-corrected chi connectivity index (χ4v) is 18.1. The molecule has 28 nitrogen and oxygen atoms in total. The van der Waals surface area contributed by atoms with E-state index in [1.807, 2.05) is 6.92 Å². The van der Waals surface area contributed by atoms with Gasteiger partial charge in [0.05, 0.1) is 44.7 Å². The maximum atomic E-state index is 12.8. The molecule has 506 valence electrons. The summed E-state index contributed by atoms with van der Waals surface area (Å²) < 4.78 is 61.0. The van der Waals surface area contributed by atoms with Gasteiger partial charge < -0.3 is 134 Å². The number of aliphatic carboxylic acids is 1. The van der Waals surface area contributed by atoms with E-state index in [1.165, 1.54) is 12.5 Å². The molecule has 0 aromatic rings. The van der Waals surface area contributed by atoms with Crippen LogP contribution in [0.15, 0.2) is 11.6 Å². The van der Waals surface area contributed by atoms with Gasteiger partial charge in [-0.25, -0.2) is 4.79 Å². The lowest BCUT2D eigenvalue weighted by atomic mass is 9.33. The van der Waals surface area contributed by atoms with Crippen LogP contribution < -0.4 is 0 Å². The lowest BCUT2D eigenvalue weighted by Crippen LogP contribution is -2.69. The zero-order valence-electron chi connectivity index (χ0n) is 51.2. The van der Waals surface area contributed by atoms with Gasteiger partial charge in [0.25, 0.3) is 0 Å². The highest BCUT2D eigenvalue weighted by atomic mass is 16.8. The number of aliphatic hydroxyl groups excluding tert-OH is 16. The number of allylic oxidation sites excluding steroid dienone is 2. The van der Waals surface area contributed by atoms with Crippen LogP contribution in [-0.2, 0) is 52.2 Å². The van der Waals surface area contributed by atoms with Gasteiger partial charge in [-0.2, -0.15) is 0 Å². The fraction of sp³-hybridized carbons (Fsp3) is 0.950. The van der Waals surface area contributed by atoms with E-state index in [-0.39, 0.29) is 40.6 Å². The SMILES string of the molecule is C[C@@H]1O[C@@H](O[C@H]2[C@H](O[C@H]3[C@H](O[C@H]4CC[C@]5(C)[C@H]6CC=C7[C@@H]8C[C@@](C)(CO[C@@H]9O[C@H](CO)[C@@H](O)[C@H](O)[C@H]9O)C[C@@H](O)[C@]8(C)CC[C@@]7(C)[C@]6(C)CC[C@H]5C4(C)C)O[C@H](C(=O)O)[C@@H](O)[C@@H]3O)O[C@H](CO)[C@H](O)[C@@H]2O[C@@H]2O[C@H](CO)[C@@H](O)[C@H](O)[C@H]2O)[C@H](O)[C@H](O)[C@H]1O. The third-order valence-electron chi connectivity index (χ3n) is 23.8. The van der Waals surface area contributed by atoms with Crippen LogP contribution in [0.5, 0.6) is 0 Å². The average Bonchev–Trinajstić information content (AvgIpc) is 0.680. The maximum absolute atomic E-state index is 12.8. The Hall–Kier alpha value is -1.83. The van der Waals surface area contributed by atoms with Gasteiger partial charge in [-0.05, 0) is 110 Å². The van der Waals surface area contributed by atoms with Crippen molar-refractivity contribution >= 4 is 5.97 Å². The first-order valence-electron chi connectivity index (χ1n) is 31.3. The molecule has 0 aromatic carbocycles. The van der Waals surface area contributed by atoms with Gasteiger partial charge >= 0.3 is 5.97 Å². The minimum absolute atomic E-state index is 0.0258. The highest BCUT2D eigenvalue weighted by Gasteiger charge is 2.70. The Balaban J connectivity index is 0.914. The van der Waals surface area contributed by atoms with Crippen LogP contribution in [0, 0.1) is 50.2 Å². The predicted octanol–water partition coefficient (Wildman–Crippen LogP) is -3.65. The lowest BCUT2D eigenvalue weighted by Gasteiger charge is -2.72. The molecular weight excluding hydrogens is 1170 g/mol. The lowest BCUT2D eigenvalue weighted by molar-refractivity contribution is -0.410. The molecule has 5 heterocycles. The molecule has 10 aliphatic rings. The van der Waals surface area contributed by atoms with Crippen LogP contribution in [0.25, 0.3) is 0 Å². The third kappa shape index (κ3) is 11.5. The van der Waals surface area contributed by atoms with Crippen LogP contribution in [0.4, 0.5) is 0 Å². The summed E-state index contributed by atoms with van der Waals surface area (Å²) in [5, 5.41) is 185. The van der Waals surface area contributed by atoms with Crippen molar-refractivity contribution in [2.24, 2.45) is 50.2 Å². The predicted molar refractivity (Wildman–Crippen MR) is 296 cm³/mol. The summed E-state index contributed by atoms with van der Waals surface area (Å²) >= 11 is 0. The van der Waals surface area contributed by atoms with Crippen LogP contribution in [0.3, 0.4) is 0 Å². The second-order valence-corrected chi connectivity index (χ2v) is 29.2. The van der Waals surface area contributed by atoms with E-state index >= 15 is 0 Å². The molecule has 5 aliphatic heterocycles. The van der Waals surface area contributed by atoms with Gasteiger partial charge in [0, 0.05) is 5.41 Å². The summed E-state index contributed by atoms with van der Waals surface area (Å²) in [5.74, 6) is -1.58. The number of carboxylic acids is 1. The minimum Gasteiger partial charge on any atom is -0.479 e. The molecule has 0 amide bonds. The first kappa shape index (κ1) is 69.0. The van der Waals surface area contributed by atoms with Gasteiger partial charge in [-0.1, -0.05) is 60.1 Å². The molecule has 0 unspecified atom stereocenters. The summed E-state index contributed by atoms with van der Waals surface area (Å²) in [4.78, 5) is 12.8. The molecule has 0 aromatic heterocycles. The van der Waals surface area contributed by atoms with Gasteiger partial charge in [0.2, 0.25) is 0 Å². The average molecular weight is 1270 g/mol. The normalized spacial score (nSPS) is 55.5. The number of hydrogen-bond acceptors (Lipinski definition) is 27. The first-order chi connectivity index (χ1) is 41.2. The summed E-state index contributed by atoms with van der Waals surface area (Å²) in [6.45, 7) is 14.4. The Bertz CT molecular complexity index is 2460. The Labute approximate surface area is 510 Å². The monoisotopic (exact) mass is 1270 g/mol. The van der Waals surface area contributed by atoms with Crippen molar-refractivity contribution in [3.8, 4) is 0 Å². The van der Waals surface area contributed by atoms with Gasteiger partial charge in [-0.15, -0.1) is 0 Å². The van der Waals surface area contributed by atoms with Crippen molar-refractivity contribution in [1.82, 2.24) is 0 Å². The minimum atomic E-state index is -2.18. The molecule has 4 saturated carbocycles. The molecule has 5 aliphatic carbocycles. The van der Waals surface area contributed by atoms with Crippen molar-refractivity contribution < 1.29 is 139 Å². The first-order valence-corrected chi connectivity index (χ1v) is 31.3. The number of rotatable bonds is 15. The summed E-state index contributed by atoms with van der Waals surface area (Å²) in [6.07, 6.45) is -37.9. The van der Waals surface area contributed by atoms with E-state index in [0.717, 1.165) is 32.1 Å². The molecule has 9 fully saturated rings. The number of ether oxygens (including phenoxy) is 10. The highest BCUT2D eigenvalue weighted by molar-refractivity contribution is 5.73. The van der Waals surface area contributed by atoms with Crippen molar-refractivity contribution in [1.29, 1.82) is 0 Å². The van der Waals surface area contributed by atoms with Crippen LogP contribution in [-0.4, -0.2) is 285 Å². The Morgan fingerprint density at radius 2 is 1.05 bits per heavy atom. The second-order valence-electron chi connectivity index (χ2n) is 29.2. The number of hydrogen-bond donors (Lipinski definition) is 17. The van der Waals surface area contributed by atoms with Crippen LogP contribution in [0.1, 0.15) is 113 Å². The molecule has 0 spiro atoms. The fourth-order valence-electron chi connectivity index (χ4n) is 18.1. The Kier molecular flexibility index (Phi) is 19.9. The van der Waals surface area contributed by atoms with E-state index in [1.54, 1.807) is 0 Å². The van der Waals surface area contributed by atoms with E-state index in [4.69, 9.17) is 47.4 Å². The molecule has 28 heteroatoms. The molecule has 0 bridgehead atoms. The summed E-state index contributed by atoms with van der Waals surface area (Å²) in [6, 6.07) is 0.